The van der Waals surface area contributed by atoms with Crippen LogP contribution >= 0.6 is 11.8 Å². The first-order valence-electron chi connectivity index (χ1n) is 6.43. The van der Waals surface area contributed by atoms with Crippen molar-refractivity contribution in [2.45, 2.75) is 37.4 Å². The zero-order chi connectivity index (χ0) is 13.9. The summed E-state index contributed by atoms with van der Waals surface area (Å²) in [5, 5.41) is 12.2. The van der Waals surface area contributed by atoms with Crippen LogP contribution in [0.4, 0.5) is 5.95 Å². The molecule has 0 spiro atoms. The molecule has 6 heteroatoms. The number of aryl methyl sites for hydroxylation is 1. The third kappa shape index (κ3) is 3.37. The van der Waals surface area contributed by atoms with Gasteiger partial charge in [0.2, 0.25) is 5.95 Å². The van der Waals surface area contributed by atoms with Crippen LogP contribution in [0.15, 0.2) is 6.07 Å². The number of anilines is 1. The molecule has 1 aromatic heterocycles. The lowest BCUT2D eigenvalue weighted by atomic mass is 10.1. The van der Waals surface area contributed by atoms with Crippen LogP contribution in [0.1, 0.15) is 41.9 Å². The molecule has 0 atom stereocenters. The van der Waals surface area contributed by atoms with Gasteiger partial charge in [-0.15, -0.1) is 0 Å². The Morgan fingerprint density at radius 3 is 2.74 bits per heavy atom. The van der Waals surface area contributed by atoms with Crippen LogP contribution in [0, 0.1) is 6.92 Å². The van der Waals surface area contributed by atoms with Gasteiger partial charge in [0.25, 0.3) is 0 Å². The first-order valence-corrected chi connectivity index (χ1v) is 7.65. The summed E-state index contributed by atoms with van der Waals surface area (Å²) < 4.78 is 0.247. The monoisotopic (exact) mass is 281 g/mol. The summed E-state index contributed by atoms with van der Waals surface area (Å²) in [6.07, 6.45) is 7.04. The van der Waals surface area contributed by atoms with E-state index in [1.165, 1.54) is 31.7 Å². The van der Waals surface area contributed by atoms with Crippen molar-refractivity contribution in [1.82, 2.24) is 9.97 Å². The minimum Gasteiger partial charge on any atom is -0.477 e. The topological polar surface area (TPSA) is 75.1 Å². The lowest BCUT2D eigenvalue weighted by molar-refractivity contribution is 0.0690. The van der Waals surface area contributed by atoms with Crippen molar-refractivity contribution in [3.8, 4) is 0 Å². The number of nitrogens with one attached hydrogen (secondary N) is 1. The summed E-state index contributed by atoms with van der Waals surface area (Å²) in [5.74, 6) is -0.605. The molecule has 0 unspecified atom stereocenters. The van der Waals surface area contributed by atoms with Crippen molar-refractivity contribution in [3.63, 3.8) is 0 Å². The fourth-order valence-electron chi connectivity index (χ4n) is 2.47. The second-order valence-corrected chi connectivity index (χ2v) is 6.25. The molecule has 1 saturated carbocycles. The Morgan fingerprint density at radius 1 is 1.47 bits per heavy atom. The maximum atomic E-state index is 11.0. The molecule has 0 aromatic carbocycles. The number of aromatic carboxylic acids is 1. The van der Waals surface area contributed by atoms with Gasteiger partial charge >= 0.3 is 5.97 Å². The summed E-state index contributed by atoms with van der Waals surface area (Å²) in [4.78, 5) is 19.2. The molecule has 19 heavy (non-hydrogen) atoms. The number of carboxylic acid groups (broad SMARTS) is 1. The number of nitrogens with zero attached hydrogens (tertiary/aromatic N) is 2. The zero-order valence-corrected chi connectivity index (χ0v) is 12.1. The predicted octanol–water partition coefficient (Wildman–Crippen LogP) is 2.57. The largest absolute Gasteiger partial charge is 0.477 e. The van der Waals surface area contributed by atoms with E-state index in [0.29, 0.717) is 11.6 Å². The van der Waals surface area contributed by atoms with Gasteiger partial charge in [0, 0.05) is 17.0 Å². The van der Waals surface area contributed by atoms with Crippen LogP contribution in [0.5, 0.6) is 0 Å². The third-order valence-electron chi connectivity index (χ3n) is 3.59. The number of rotatable bonds is 5. The van der Waals surface area contributed by atoms with E-state index in [-0.39, 0.29) is 10.4 Å². The first-order chi connectivity index (χ1) is 9.04. The smallest absolute Gasteiger partial charge is 0.354 e. The Hall–Kier alpha value is -1.30. The number of hydrogen-bond donors (Lipinski definition) is 2. The molecule has 2 N–H and O–H groups in total. The van der Waals surface area contributed by atoms with Gasteiger partial charge in [0.05, 0.1) is 0 Å². The van der Waals surface area contributed by atoms with Crippen LogP contribution in [0.25, 0.3) is 0 Å². The molecule has 0 aliphatic heterocycles. The molecule has 1 aromatic rings. The Bertz CT molecular complexity index is 473. The number of carbonyl (C=O) groups is 1. The van der Waals surface area contributed by atoms with Crippen LogP contribution in [-0.4, -0.2) is 38.6 Å². The maximum absolute atomic E-state index is 11.0. The highest BCUT2D eigenvalue weighted by Crippen LogP contribution is 2.40. The Labute approximate surface area is 117 Å². The van der Waals surface area contributed by atoms with Crippen LogP contribution in [-0.2, 0) is 0 Å². The number of hydrogen-bond acceptors (Lipinski definition) is 5. The summed E-state index contributed by atoms with van der Waals surface area (Å²) in [6.45, 7) is 2.57. The van der Waals surface area contributed by atoms with E-state index in [4.69, 9.17) is 5.11 Å². The first kappa shape index (κ1) is 14.1. The standard InChI is InChI=1S/C13H19N3O2S/c1-9-7-10(11(17)18)16-12(15-9)14-8-13(19-2)5-3-4-6-13/h7H,3-6,8H2,1-2H3,(H,17,18)(H,14,15,16). The van der Waals surface area contributed by atoms with Gasteiger partial charge in [-0.3, -0.25) is 0 Å². The van der Waals surface area contributed by atoms with E-state index in [1.807, 2.05) is 11.8 Å². The fourth-order valence-corrected chi connectivity index (χ4v) is 3.38. The molecule has 1 aliphatic rings. The van der Waals surface area contributed by atoms with Gasteiger partial charge in [0.1, 0.15) is 0 Å². The van der Waals surface area contributed by atoms with Crippen molar-refractivity contribution < 1.29 is 9.90 Å². The molecule has 1 aliphatic carbocycles. The molecule has 0 saturated heterocycles. The van der Waals surface area contributed by atoms with Crippen LogP contribution in [0.3, 0.4) is 0 Å². The summed E-state index contributed by atoms with van der Waals surface area (Å²) in [7, 11) is 0. The van der Waals surface area contributed by atoms with E-state index >= 15 is 0 Å². The zero-order valence-electron chi connectivity index (χ0n) is 11.3. The Kier molecular flexibility index (Phi) is 4.29. The average molecular weight is 281 g/mol. The van der Waals surface area contributed by atoms with E-state index in [0.717, 1.165) is 6.54 Å². The molecule has 1 heterocycles. The van der Waals surface area contributed by atoms with Gasteiger partial charge in [-0.05, 0) is 32.1 Å². The lowest BCUT2D eigenvalue weighted by Gasteiger charge is -2.26. The van der Waals surface area contributed by atoms with Crippen LogP contribution < -0.4 is 5.32 Å². The second-order valence-electron chi connectivity index (χ2n) is 4.97. The number of aromatic nitrogens is 2. The minimum absolute atomic E-state index is 0.0413. The summed E-state index contributed by atoms with van der Waals surface area (Å²) in [6, 6.07) is 1.48. The summed E-state index contributed by atoms with van der Waals surface area (Å²) >= 11 is 1.88. The third-order valence-corrected chi connectivity index (χ3v) is 5.01. The SMILES string of the molecule is CSC1(CNc2nc(C)cc(C(=O)O)n2)CCCC1. The van der Waals surface area contributed by atoms with E-state index in [2.05, 4.69) is 21.5 Å². The van der Waals surface area contributed by atoms with Gasteiger partial charge in [0.15, 0.2) is 5.69 Å². The molecular weight excluding hydrogens is 262 g/mol. The van der Waals surface area contributed by atoms with Crippen molar-refractivity contribution in [1.29, 1.82) is 0 Å². The van der Waals surface area contributed by atoms with Crippen molar-refractivity contribution >= 4 is 23.7 Å². The molecular formula is C13H19N3O2S. The highest BCUT2D eigenvalue weighted by Gasteiger charge is 2.32. The maximum Gasteiger partial charge on any atom is 0.354 e. The van der Waals surface area contributed by atoms with Crippen molar-refractivity contribution in [2.24, 2.45) is 0 Å². The Balaban J connectivity index is 2.08. The molecule has 104 valence electrons. The lowest BCUT2D eigenvalue weighted by Crippen LogP contribution is -2.30. The minimum atomic E-state index is -1.02. The second kappa shape index (κ2) is 5.77. The molecule has 5 nitrogen and oxygen atoms in total. The quantitative estimate of drug-likeness (QED) is 0.864. The molecule has 0 bridgehead atoms. The van der Waals surface area contributed by atoms with Crippen molar-refractivity contribution in [2.75, 3.05) is 18.1 Å². The van der Waals surface area contributed by atoms with E-state index < -0.39 is 5.97 Å². The molecule has 1 fully saturated rings. The number of carboxylic acids is 1. The molecule has 0 amide bonds. The predicted molar refractivity (Wildman–Crippen MR) is 76.9 cm³/mol. The average Bonchev–Trinajstić information content (AvgIpc) is 2.85. The normalized spacial score (nSPS) is 17.4. The van der Waals surface area contributed by atoms with Gasteiger partial charge < -0.3 is 10.4 Å². The highest BCUT2D eigenvalue weighted by atomic mass is 32.2. The Morgan fingerprint density at radius 2 is 2.16 bits per heavy atom. The van der Waals surface area contributed by atoms with Gasteiger partial charge in [-0.25, -0.2) is 14.8 Å². The number of thioether (sulfide) groups is 1. The molecule has 2 rings (SSSR count). The van der Waals surface area contributed by atoms with Gasteiger partial charge in [-0.2, -0.15) is 11.8 Å². The summed E-state index contributed by atoms with van der Waals surface area (Å²) in [5.41, 5.74) is 0.708. The fraction of sp³-hybridized carbons (Fsp3) is 0.615. The van der Waals surface area contributed by atoms with E-state index in [9.17, 15) is 4.79 Å². The molecule has 0 radical (unpaired) electrons. The van der Waals surface area contributed by atoms with E-state index in [1.54, 1.807) is 6.92 Å². The van der Waals surface area contributed by atoms with Gasteiger partial charge in [-0.1, -0.05) is 12.8 Å². The van der Waals surface area contributed by atoms with Crippen LogP contribution in [0.2, 0.25) is 0 Å². The highest BCUT2D eigenvalue weighted by molar-refractivity contribution is 8.00. The van der Waals surface area contributed by atoms with Crippen molar-refractivity contribution in [3.05, 3.63) is 17.5 Å².